The van der Waals surface area contributed by atoms with Crippen molar-refractivity contribution in [3.8, 4) is 22.8 Å². The molecule has 0 amide bonds. The van der Waals surface area contributed by atoms with Gasteiger partial charge in [-0.3, -0.25) is 0 Å². The second kappa shape index (κ2) is 9.35. The van der Waals surface area contributed by atoms with Gasteiger partial charge in [0.15, 0.2) is 0 Å². The number of aromatic nitrogens is 2. The van der Waals surface area contributed by atoms with Crippen LogP contribution >= 0.6 is 23.4 Å². The molecule has 0 aliphatic heterocycles. The third kappa shape index (κ3) is 5.16. The van der Waals surface area contributed by atoms with Crippen molar-refractivity contribution in [3.63, 3.8) is 0 Å². The maximum Gasteiger partial charge on any atom is 0.342 e. The predicted molar refractivity (Wildman–Crippen MR) is 122 cm³/mol. The third-order valence-corrected chi connectivity index (χ3v) is 5.66. The van der Waals surface area contributed by atoms with Crippen LogP contribution in [0.15, 0.2) is 73.6 Å². The molecule has 0 fully saturated rings. The number of carboxylic acids is 2. The quantitative estimate of drug-likeness (QED) is 0.245. The van der Waals surface area contributed by atoms with Crippen LogP contribution in [-0.4, -0.2) is 32.3 Å². The molecular formula is C23H15ClN2O6S. The van der Waals surface area contributed by atoms with E-state index in [1.807, 2.05) is 6.92 Å². The predicted octanol–water partition coefficient (Wildman–Crippen LogP) is 5.87. The average molecular weight is 483 g/mol. The minimum absolute atomic E-state index is 0.0467. The first kappa shape index (κ1) is 22.4. The van der Waals surface area contributed by atoms with E-state index in [9.17, 15) is 19.8 Å². The molecule has 0 aliphatic carbocycles. The molecule has 2 aromatic carbocycles. The highest BCUT2D eigenvalue weighted by Crippen LogP contribution is 2.32. The van der Waals surface area contributed by atoms with Gasteiger partial charge in [0.25, 0.3) is 5.22 Å². The summed E-state index contributed by atoms with van der Waals surface area (Å²) in [7, 11) is 0. The van der Waals surface area contributed by atoms with Crippen LogP contribution in [0.5, 0.6) is 0 Å². The Balaban J connectivity index is 1.58. The van der Waals surface area contributed by atoms with Crippen molar-refractivity contribution >= 4 is 41.4 Å². The fraction of sp³-hybridized carbons (Fsp3) is 0.0435. The first-order valence-corrected chi connectivity index (χ1v) is 10.7. The van der Waals surface area contributed by atoms with Gasteiger partial charge >= 0.3 is 11.9 Å². The van der Waals surface area contributed by atoms with E-state index in [1.165, 1.54) is 18.2 Å². The number of hydrogen-bond donors (Lipinski definition) is 2. The van der Waals surface area contributed by atoms with Gasteiger partial charge in [0.1, 0.15) is 16.4 Å². The average Bonchev–Trinajstić information content (AvgIpc) is 3.44. The Hall–Kier alpha value is -3.82. The number of aliphatic carboxylic acids is 1. The third-order valence-electron chi connectivity index (χ3n) is 4.56. The number of carboxylic acid groups (broad SMARTS) is 2. The number of furan rings is 1. The second-order valence-electron chi connectivity index (χ2n) is 6.83. The lowest BCUT2D eigenvalue weighted by molar-refractivity contribution is -0.131. The summed E-state index contributed by atoms with van der Waals surface area (Å²) in [6.07, 6.45) is 1.33. The molecule has 4 aromatic rings. The molecule has 0 saturated carbocycles. The molecule has 33 heavy (non-hydrogen) atoms. The van der Waals surface area contributed by atoms with E-state index in [1.54, 1.807) is 42.5 Å². The number of aromatic carboxylic acids is 1. The van der Waals surface area contributed by atoms with Gasteiger partial charge in [-0.1, -0.05) is 17.7 Å². The van der Waals surface area contributed by atoms with Crippen LogP contribution in [0, 0.1) is 6.92 Å². The van der Waals surface area contributed by atoms with Gasteiger partial charge in [-0.15, -0.1) is 10.2 Å². The summed E-state index contributed by atoms with van der Waals surface area (Å²) in [5.41, 5.74) is 2.19. The Morgan fingerprint density at radius 3 is 2.45 bits per heavy atom. The van der Waals surface area contributed by atoms with E-state index in [0.29, 0.717) is 21.9 Å². The van der Waals surface area contributed by atoms with Gasteiger partial charge < -0.3 is 19.0 Å². The summed E-state index contributed by atoms with van der Waals surface area (Å²) in [6.45, 7) is 1.82. The first-order valence-electron chi connectivity index (χ1n) is 9.46. The summed E-state index contributed by atoms with van der Waals surface area (Å²) < 4.78 is 11.3. The lowest BCUT2D eigenvalue weighted by atomic mass is 10.0. The minimum atomic E-state index is -1.20. The molecule has 10 heteroatoms. The van der Waals surface area contributed by atoms with E-state index in [0.717, 1.165) is 17.3 Å². The highest BCUT2D eigenvalue weighted by Gasteiger charge is 2.18. The molecule has 0 unspecified atom stereocenters. The van der Waals surface area contributed by atoms with Gasteiger partial charge in [-0.25, -0.2) is 9.59 Å². The van der Waals surface area contributed by atoms with Crippen molar-refractivity contribution in [2.75, 3.05) is 0 Å². The number of thioether (sulfide) groups is 1. The Morgan fingerprint density at radius 1 is 1.00 bits per heavy atom. The van der Waals surface area contributed by atoms with Crippen LogP contribution in [0.1, 0.15) is 21.7 Å². The van der Waals surface area contributed by atoms with Crippen LogP contribution in [-0.2, 0) is 4.79 Å². The minimum Gasteiger partial charge on any atom is -0.478 e. The van der Waals surface area contributed by atoms with Crippen LogP contribution < -0.4 is 0 Å². The van der Waals surface area contributed by atoms with Gasteiger partial charge in [-0.2, -0.15) is 0 Å². The largest absolute Gasteiger partial charge is 0.478 e. The van der Waals surface area contributed by atoms with Crippen LogP contribution in [0.2, 0.25) is 5.02 Å². The lowest BCUT2D eigenvalue weighted by Gasteiger charge is -2.04. The summed E-state index contributed by atoms with van der Waals surface area (Å²) in [4.78, 5) is 22.9. The molecule has 2 aromatic heterocycles. The topological polar surface area (TPSA) is 127 Å². The smallest absolute Gasteiger partial charge is 0.342 e. The zero-order valence-electron chi connectivity index (χ0n) is 17.0. The highest BCUT2D eigenvalue weighted by molar-refractivity contribution is 8.03. The van der Waals surface area contributed by atoms with Crippen molar-refractivity contribution in [1.82, 2.24) is 10.2 Å². The number of nitrogens with zero attached hydrogens (tertiary/aromatic N) is 2. The normalized spacial score (nSPS) is 11.5. The number of aryl methyl sites for hydroxylation is 1. The molecule has 0 atom stereocenters. The van der Waals surface area contributed by atoms with Crippen LogP contribution in [0.3, 0.4) is 0 Å². The molecule has 0 bridgehead atoms. The number of rotatable bonds is 7. The number of carbonyl (C=O) groups is 2. The van der Waals surface area contributed by atoms with Crippen LogP contribution in [0.25, 0.3) is 28.9 Å². The summed E-state index contributed by atoms with van der Waals surface area (Å²) in [6, 6.07) is 14.7. The molecule has 0 radical (unpaired) electrons. The van der Waals surface area contributed by atoms with E-state index in [4.69, 9.17) is 20.4 Å². The maximum absolute atomic E-state index is 11.8. The Morgan fingerprint density at radius 2 is 1.76 bits per heavy atom. The van der Waals surface area contributed by atoms with Gasteiger partial charge in [0.05, 0.1) is 5.56 Å². The monoisotopic (exact) mass is 482 g/mol. The SMILES string of the molecule is Cc1ccc(C(=O)O)cc1-c1ccc(/C=C(\Sc2nnc(-c3ccc(Cl)cc3)o2)C(=O)O)o1. The number of halogens is 1. The van der Waals surface area contributed by atoms with Crippen LogP contribution in [0.4, 0.5) is 0 Å². The summed E-state index contributed by atoms with van der Waals surface area (Å²) in [5, 5.41) is 27.3. The van der Waals surface area contributed by atoms with Crippen molar-refractivity contribution in [2.24, 2.45) is 0 Å². The number of hydrogen-bond acceptors (Lipinski definition) is 7. The van der Waals surface area contributed by atoms with E-state index >= 15 is 0 Å². The maximum atomic E-state index is 11.8. The van der Waals surface area contributed by atoms with Gasteiger partial charge in [-0.05, 0) is 72.8 Å². The molecular weight excluding hydrogens is 468 g/mol. The second-order valence-corrected chi connectivity index (χ2v) is 8.26. The van der Waals surface area contributed by atoms with E-state index in [-0.39, 0.29) is 27.3 Å². The van der Waals surface area contributed by atoms with E-state index < -0.39 is 11.9 Å². The lowest BCUT2D eigenvalue weighted by Crippen LogP contribution is -1.97. The summed E-state index contributed by atoms with van der Waals surface area (Å²) >= 11 is 6.66. The first-order chi connectivity index (χ1) is 15.8. The van der Waals surface area contributed by atoms with Crippen molar-refractivity contribution < 1.29 is 28.6 Å². The molecule has 2 N–H and O–H groups in total. The van der Waals surface area contributed by atoms with Gasteiger partial charge in [0.2, 0.25) is 5.89 Å². The summed E-state index contributed by atoms with van der Waals surface area (Å²) in [5.74, 6) is -1.34. The van der Waals surface area contributed by atoms with Crippen molar-refractivity contribution in [3.05, 3.63) is 81.4 Å². The zero-order valence-corrected chi connectivity index (χ0v) is 18.6. The zero-order chi connectivity index (χ0) is 23.5. The molecule has 0 saturated heterocycles. The fourth-order valence-electron chi connectivity index (χ4n) is 2.91. The Bertz CT molecular complexity index is 1370. The fourth-order valence-corrected chi connectivity index (χ4v) is 3.69. The van der Waals surface area contributed by atoms with Gasteiger partial charge in [0, 0.05) is 22.2 Å². The molecule has 4 rings (SSSR count). The molecule has 0 aliphatic rings. The van der Waals surface area contributed by atoms with Crippen molar-refractivity contribution in [2.45, 2.75) is 12.1 Å². The highest BCUT2D eigenvalue weighted by atomic mass is 35.5. The molecule has 0 spiro atoms. The number of benzene rings is 2. The standard InChI is InChI=1S/C23H15ClN2O6S/c1-12-2-3-14(21(27)28)10-17(12)18-9-8-16(31-18)11-19(22(29)30)33-23-26-25-20(32-23)13-4-6-15(24)7-5-13/h2-11H,1H3,(H,27,28)(H,29,30)/b19-11-. The molecule has 166 valence electrons. The molecule has 2 heterocycles. The molecule has 8 nitrogen and oxygen atoms in total. The Labute approximate surface area is 196 Å². The van der Waals surface area contributed by atoms with E-state index in [2.05, 4.69) is 10.2 Å². The van der Waals surface area contributed by atoms with Crippen molar-refractivity contribution in [1.29, 1.82) is 0 Å². The Kier molecular flexibility index (Phi) is 6.34.